The molecule has 0 radical (unpaired) electrons. The van der Waals surface area contributed by atoms with Gasteiger partial charge >= 0.3 is 0 Å². The Morgan fingerprint density at radius 2 is 1.80 bits per heavy atom. The van der Waals surface area contributed by atoms with Crippen LogP contribution in [-0.2, 0) is 4.74 Å². The summed E-state index contributed by atoms with van der Waals surface area (Å²) in [5.41, 5.74) is 0. The average molecular weight is 139 g/mol. The van der Waals surface area contributed by atoms with Gasteiger partial charge in [0.15, 0.2) is 0 Å². The number of epoxide rings is 1. The molecule has 3 saturated heterocycles. The van der Waals surface area contributed by atoms with E-state index in [2.05, 4.69) is 11.9 Å². The Kier molecular flexibility index (Phi) is 0.868. The van der Waals surface area contributed by atoms with E-state index in [9.17, 15) is 0 Å². The number of rotatable bonds is 0. The van der Waals surface area contributed by atoms with Gasteiger partial charge < -0.3 is 4.74 Å². The zero-order valence-corrected chi connectivity index (χ0v) is 6.29. The van der Waals surface area contributed by atoms with Crippen molar-refractivity contribution < 1.29 is 4.74 Å². The van der Waals surface area contributed by atoms with E-state index in [0.29, 0.717) is 12.2 Å². The van der Waals surface area contributed by atoms with Gasteiger partial charge in [-0.3, -0.25) is 4.90 Å². The van der Waals surface area contributed by atoms with Crippen LogP contribution >= 0.6 is 0 Å². The van der Waals surface area contributed by atoms with Gasteiger partial charge in [-0.1, -0.05) is 6.42 Å². The summed E-state index contributed by atoms with van der Waals surface area (Å²) in [4.78, 5) is 2.53. The minimum atomic E-state index is 0.637. The van der Waals surface area contributed by atoms with E-state index >= 15 is 0 Å². The Morgan fingerprint density at radius 3 is 2.30 bits per heavy atom. The number of hydrogen-bond acceptors (Lipinski definition) is 2. The van der Waals surface area contributed by atoms with Crippen LogP contribution in [0, 0.1) is 0 Å². The maximum atomic E-state index is 5.55. The molecule has 56 valence electrons. The van der Waals surface area contributed by atoms with Crippen LogP contribution in [0.25, 0.3) is 0 Å². The predicted octanol–water partition coefficient (Wildman–Crippen LogP) is 0.620. The summed E-state index contributed by atoms with van der Waals surface area (Å²) in [6.45, 7) is 0. The summed E-state index contributed by atoms with van der Waals surface area (Å²) >= 11 is 0. The fourth-order valence-electron chi connectivity index (χ4n) is 2.74. The van der Waals surface area contributed by atoms with Gasteiger partial charge in [-0.2, -0.15) is 0 Å². The van der Waals surface area contributed by atoms with Crippen LogP contribution in [0.1, 0.15) is 19.3 Å². The van der Waals surface area contributed by atoms with E-state index in [0.717, 1.165) is 12.1 Å². The molecule has 2 bridgehead atoms. The van der Waals surface area contributed by atoms with Crippen LogP contribution in [-0.4, -0.2) is 36.2 Å². The second-order valence-electron chi connectivity index (χ2n) is 3.80. The fraction of sp³-hybridized carbons (Fsp3) is 1.00. The van der Waals surface area contributed by atoms with Gasteiger partial charge in [0.1, 0.15) is 12.2 Å². The highest BCUT2D eigenvalue weighted by Crippen LogP contribution is 2.47. The number of morpholine rings is 1. The lowest BCUT2D eigenvalue weighted by Gasteiger charge is -2.33. The highest BCUT2D eigenvalue weighted by molar-refractivity contribution is 5.12. The Bertz CT molecular complexity index is 155. The molecule has 10 heavy (non-hydrogen) atoms. The molecule has 2 unspecified atom stereocenters. The van der Waals surface area contributed by atoms with Gasteiger partial charge in [0.25, 0.3) is 0 Å². The van der Waals surface area contributed by atoms with Crippen molar-refractivity contribution in [2.45, 2.75) is 43.6 Å². The molecule has 2 nitrogen and oxygen atoms in total. The molecular weight excluding hydrogens is 126 g/mol. The van der Waals surface area contributed by atoms with Crippen LogP contribution in [0.3, 0.4) is 0 Å². The molecule has 3 rings (SSSR count). The lowest BCUT2D eigenvalue weighted by Crippen LogP contribution is -2.41. The minimum absolute atomic E-state index is 0.637. The van der Waals surface area contributed by atoms with Gasteiger partial charge in [0, 0.05) is 12.1 Å². The predicted molar refractivity (Wildman–Crippen MR) is 37.9 cm³/mol. The molecule has 3 fully saturated rings. The molecule has 3 heterocycles. The van der Waals surface area contributed by atoms with Crippen molar-refractivity contribution in [1.82, 2.24) is 4.90 Å². The van der Waals surface area contributed by atoms with Crippen molar-refractivity contribution in [3.63, 3.8) is 0 Å². The first-order valence-corrected chi connectivity index (χ1v) is 4.25. The minimum Gasteiger partial charge on any atom is -0.366 e. The number of fused-ring (bicyclic) bond motifs is 5. The van der Waals surface area contributed by atoms with Gasteiger partial charge in [-0.05, 0) is 19.9 Å². The molecule has 0 spiro atoms. The average Bonchev–Trinajstić information content (AvgIpc) is 2.59. The first kappa shape index (κ1) is 5.56. The molecular formula is C8H13NO. The van der Waals surface area contributed by atoms with Crippen molar-refractivity contribution in [3.05, 3.63) is 0 Å². The van der Waals surface area contributed by atoms with Crippen molar-refractivity contribution in [1.29, 1.82) is 0 Å². The monoisotopic (exact) mass is 139 g/mol. The Hall–Kier alpha value is -0.0800. The second-order valence-corrected chi connectivity index (χ2v) is 3.80. The summed E-state index contributed by atoms with van der Waals surface area (Å²) in [7, 11) is 2.25. The maximum absolute atomic E-state index is 5.55. The van der Waals surface area contributed by atoms with E-state index < -0.39 is 0 Å². The van der Waals surface area contributed by atoms with Crippen LogP contribution in [0.2, 0.25) is 0 Å². The SMILES string of the molecule is CN1[C@@H]2CCC[C@H]1C1OC12. The van der Waals surface area contributed by atoms with Crippen molar-refractivity contribution in [2.24, 2.45) is 0 Å². The fourth-order valence-corrected chi connectivity index (χ4v) is 2.74. The van der Waals surface area contributed by atoms with E-state index in [1.165, 1.54) is 19.3 Å². The van der Waals surface area contributed by atoms with Crippen LogP contribution in [0.5, 0.6) is 0 Å². The van der Waals surface area contributed by atoms with Crippen LogP contribution < -0.4 is 0 Å². The quantitative estimate of drug-likeness (QED) is 0.457. The highest BCUT2D eigenvalue weighted by Gasteiger charge is 2.60. The molecule has 0 N–H and O–H groups in total. The first-order valence-electron chi connectivity index (χ1n) is 4.25. The molecule has 0 amide bonds. The molecule has 0 aromatic carbocycles. The number of hydrogen-bond donors (Lipinski definition) is 0. The van der Waals surface area contributed by atoms with E-state index in [-0.39, 0.29) is 0 Å². The lowest BCUT2D eigenvalue weighted by atomic mass is 10.0. The van der Waals surface area contributed by atoms with Crippen molar-refractivity contribution in [2.75, 3.05) is 7.05 Å². The number of nitrogens with zero attached hydrogens (tertiary/aromatic N) is 1. The molecule has 4 atom stereocenters. The molecule has 0 saturated carbocycles. The summed E-state index contributed by atoms with van der Waals surface area (Å²) in [6, 6.07) is 1.56. The summed E-state index contributed by atoms with van der Waals surface area (Å²) in [5, 5.41) is 0. The highest BCUT2D eigenvalue weighted by atomic mass is 16.6. The normalized spacial score (nSPS) is 58.5. The van der Waals surface area contributed by atoms with E-state index in [1.807, 2.05) is 0 Å². The third kappa shape index (κ3) is 0.487. The Balaban J connectivity index is 1.94. The summed E-state index contributed by atoms with van der Waals surface area (Å²) < 4.78 is 5.55. The van der Waals surface area contributed by atoms with Crippen LogP contribution in [0.4, 0.5) is 0 Å². The molecule has 2 heteroatoms. The zero-order chi connectivity index (χ0) is 6.72. The standard InChI is InChI=1S/C8H13NO/c1-9-5-3-2-4-6(9)8-7(5)10-8/h5-8H,2-4H2,1H3/t5-,6+,7?,8?. The van der Waals surface area contributed by atoms with Gasteiger partial charge in [0.2, 0.25) is 0 Å². The molecule has 0 aromatic heterocycles. The van der Waals surface area contributed by atoms with Crippen molar-refractivity contribution >= 4 is 0 Å². The summed E-state index contributed by atoms with van der Waals surface area (Å²) in [5.74, 6) is 0. The molecule has 3 aliphatic rings. The van der Waals surface area contributed by atoms with Gasteiger partial charge in [-0.25, -0.2) is 0 Å². The first-order chi connectivity index (χ1) is 4.88. The lowest BCUT2D eigenvalue weighted by molar-refractivity contribution is 0.0755. The molecule has 3 aliphatic heterocycles. The van der Waals surface area contributed by atoms with Gasteiger partial charge in [0.05, 0.1) is 0 Å². The Labute approximate surface area is 61.1 Å². The molecule has 0 aromatic rings. The third-order valence-electron chi connectivity index (χ3n) is 3.37. The van der Waals surface area contributed by atoms with E-state index in [1.54, 1.807) is 0 Å². The maximum Gasteiger partial charge on any atom is 0.101 e. The number of piperidine rings is 1. The van der Waals surface area contributed by atoms with Gasteiger partial charge in [-0.15, -0.1) is 0 Å². The topological polar surface area (TPSA) is 15.8 Å². The number of ether oxygens (including phenoxy) is 1. The molecule has 0 aliphatic carbocycles. The number of likely N-dealkylation sites (N-methyl/N-ethyl adjacent to an activating group) is 1. The third-order valence-corrected chi connectivity index (χ3v) is 3.37. The summed E-state index contributed by atoms with van der Waals surface area (Å²) in [6.07, 6.45) is 5.44. The Morgan fingerprint density at radius 1 is 1.20 bits per heavy atom. The van der Waals surface area contributed by atoms with Crippen LogP contribution in [0.15, 0.2) is 0 Å². The largest absolute Gasteiger partial charge is 0.366 e. The smallest absolute Gasteiger partial charge is 0.101 e. The second kappa shape index (κ2) is 1.56. The van der Waals surface area contributed by atoms with E-state index in [4.69, 9.17) is 4.74 Å². The van der Waals surface area contributed by atoms with Crippen molar-refractivity contribution in [3.8, 4) is 0 Å². The zero-order valence-electron chi connectivity index (χ0n) is 6.29.